The van der Waals surface area contributed by atoms with Crippen molar-refractivity contribution in [2.45, 2.75) is 25.0 Å². The highest BCUT2D eigenvalue weighted by Crippen LogP contribution is 2.39. The summed E-state index contributed by atoms with van der Waals surface area (Å²) in [5, 5.41) is 0.135. The predicted octanol–water partition coefficient (Wildman–Crippen LogP) is 4.42. The highest BCUT2D eigenvalue weighted by Gasteiger charge is 2.43. The number of rotatable bonds is 3. The van der Waals surface area contributed by atoms with Gasteiger partial charge in [-0.25, -0.2) is 4.39 Å². The third kappa shape index (κ3) is 3.09. The summed E-state index contributed by atoms with van der Waals surface area (Å²) in [6.45, 7) is 1.03. The van der Waals surface area contributed by atoms with Gasteiger partial charge in [0.2, 0.25) is 5.76 Å². The Labute approximate surface area is 174 Å². The maximum atomic E-state index is 13.8. The Morgan fingerprint density at radius 2 is 2.03 bits per heavy atom. The maximum absolute atomic E-state index is 13.8. The summed E-state index contributed by atoms with van der Waals surface area (Å²) in [4.78, 5) is 28.2. The van der Waals surface area contributed by atoms with E-state index in [1.165, 1.54) is 12.1 Å². The fourth-order valence-corrected chi connectivity index (χ4v) is 4.63. The molecule has 2 aliphatic rings. The topological polar surface area (TPSA) is 59.8 Å². The summed E-state index contributed by atoms with van der Waals surface area (Å²) < 4.78 is 26.2. The number of fused-ring (bicyclic) bond motifs is 2. The minimum atomic E-state index is -0.608. The monoisotopic (exact) mass is 457 g/mol. The number of hydrogen-bond acceptors (Lipinski definition) is 4. The molecule has 148 valence electrons. The first-order valence-electron chi connectivity index (χ1n) is 9.47. The number of carbonyl (C=O) groups excluding carboxylic acids is 1. The van der Waals surface area contributed by atoms with Gasteiger partial charge in [0.25, 0.3) is 5.91 Å². The lowest BCUT2D eigenvalue weighted by Crippen LogP contribution is -2.36. The van der Waals surface area contributed by atoms with Crippen LogP contribution in [-0.2, 0) is 4.74 Å². The summed E-state index contributed by atoms with van der Waals surface area (Å²) in [5.41, 5.74) is 0.862. The second kappa shape index (κ2) is 7.07. The molecule has 7 heteroatoms. The van der Waals surface area contributed by atoms with E-state index in [0.717, 1.165) is 28.9 Å². The third-order valence-electron chi connectivity index (χ3n) is 5.52. The van der Waals surface area contributed by atoms with Gasteiger partial charge in [0, 0.05) is 17.6 Å². The Kier molecular flexibility index (Phi) is 4.52. The first-order chi connectivity index (χ1) is 14.0. The summed E-state index contributed by atoms with van der Waals surface area (Å²) in [6, 6.07) is 10.6. The molecule has 1 aromatic heterocycles. The van der Waals surface area contributed by atoms with Gasteiger partial charge in [-0.3, -0.25) is 9.59 Å². The Morgan fingerprint density at radius 1 is 1.17 bits per heavy atom. The van der Waals surface area contributed by atoms with Crippen LogP contribution >= 0.6 is 15.9 Å². The predicted molar refractivity (Wildman–Crippen MR) is 108 cm³/mol. The smallest absolute Gasteiger partial charge is 0.291 e. The van der Waals surface area contributed by atoms with Crippen molar-refractivity contribution in [3.63, 3.8) is 0 Å². The summed E-state index contributed by atoms with van der Waals surface area (Å²) in [7, 11) is 0. The summed E-state index contributed by atoms with van der Waals surface area (Å²) >= 11 is 3.46. The molecule has 0 unspecified atom stereocenters. The zero-order chi connectivity index (χ0) is 20.1. The normalized spacial score (nSPS) is 21.2. The van der Waals surface area contributed by atoms with Crippen LogP contribution in [0.25, 0.3) is 11.0 Å². The Hall–Kier alpha value is -2.51. The lowest BCUT2D eigenvalue weighted by Gasteiger charge is -2.27. The van der Waals surface area contributed by atoms with Gasteiger partial charge in [0.05, 0.1) is 23.1 Å². The van der Waals surface area contributed by atoms with Crippen molar-refractivity contribution in [2.24, 2.45) is 0 Å². The van der Waals surface area contributed by atoms with Crippen molar-refractivity contribution in [3.05, 3.63) is 79.9 Å². The molecule has 0 N–H and O–H groups in total. The minimum Gasteiger partial charge on any atom is -0.450 e. The van der Waals surface area contributed by atoms with Gasteiger partial charge < -0.3 is 14.1 Å². The van der Waals surface area contributed by atoms with E-state index >= 15 is 0 Å². The molecular formula is C22H17BrFNO4. The van der Waals surface area contributed by atoms with E-state index in [1.807, 2.05) is 24.3 Å². The molecule has 2 atom stereocenters. The third-order valence-corrected chi connectivity index (χ3v) is 6.01. The van der Waals surface area contributed by atoms with E-state index < -0.39 is 11.9 Å². The van der Waals surface area contributed by atoms with Gasteiger partial charge in [0.1, 0.15) is 11.4 Å². The molecule has 5 rings (SSSR count). The van der Waals surface area contributed by atoms with Crippen molar-refractivity contribution in [1.82, 2.24) is 4.90 Å². The summed E-state index contributed by atoms with van der Waals surface area (Å²) in [6.07, 6.45) is 1.73. The van der Waals surface area contributed by atoms with Gasteiger partial charge in [-0.05, 0) is 48.7 Å². The average Bonchev–Trinajstić information content (AvgIpc) is 3.31. The number of carbonyl (C=O) groups is 1. The van der Waals surface area contributed by atoms with Gasteiger partial charge in [-0.2, -0.15) is 0 Å². The first-order valence-corrected chi connectivity index (χ1v) is 10.3. The van der Waals surface area contributed by atoms with Gasteiger partial charge in [-0.15, -0.1) is 0 Å². The van der Waals surface area contributed by atoms with Crippen LogP contribution in [0.5, 0.6) is 0 Å². The van der Waals surface area contributed by atoms with E-state index in [0.29, 0.717) is 13.2 Å². The molecule has 29 heavy (non-hydrogen) atoms. The Bertz CT molecular complexity index is 1190. The van der Waals surface area contributed by atoms with Crippen LogP contribution in [0.2, 0.25) is 0 Å². The van der Waals surface area contributed by atoms with E-state index in [-0.39, 0.29) is 39.7 Å². The Morgan fingerprint density at radius 3 is 2.79 bits per heavy atom. The molecule has 0 radical (unpaired) electrons. The highest BCUT2D eigenvalue weighted by atomic mass is 79.9. The van der Waals surface area contributed by atoms with Crippen molar-refractivity contribution in [3.8, 4) is 0 Å². The van der Waals surface area contributed by atoms with Crippen LogP contribution in [0.1, 0.15) is 40.6 Å². The van der Waals surface area contributed by atoms with Crippen LogP contribution in [0.15, 0.2) is 56.1 Å². The van der Waals surface area contributed by atoms with Crippen molar-refractivity contribution in [2.75, 3.05) is 13.2 Å². The number of ether oxygens (including phenoxy) is 1. The minimum absolute atomic E-state index is 0.0251. The lowest BCUT2D eigenvalue weighted by molar-refractivity contribution is 0.0486. The zero-order valence-corrected chi connectivity index (χ0v) is 16.9. The fourth-order valence-electron chi connectivity index (χ4n) is 4.21. The van der Waals surface area contributed by atoms with Crippen LogP contribution < -0.4 is 5.43 Å². The molecule has 2 aliphatic heterocycles. The number of benzene rings is 2. The molecule has 3 heterocycles. The summed E-state index contributed by atoms with van der Waals surface area (Å²) in [5.74, 6) is -0.842. The van der Waals surface area contributed by atoms with E-state index in [4.69, 9.17) is 9.15 Å². The molecular weight excluding hydrogens is 441 g/mol. The number of nitrogens with zero attached hydrogens (tertiary/aromatic N) is 1. The zero-order valence-electron chi connectivity index (χ0n) is 15.4. The van der Waals surface area contributed by atoms with Crippen molar-refractivity contribution < 1.29 is 18.3 Å². The molecule has 0 aliphatic carbocycles. The fraction of sp³-hybridized carbons (Fsp3) is 0.273. The first kappa shape index (κ1) is 18.5. The quantitative estimate of drug-likeness (QED) is 0.583. The van der Waals surface area contributed by atoms with Crippen molar-refractivity contribution >= 4 is 32.8 Å². The molecule has 1 amide bonds. The maximum Gasteiger partial charge on any atom is 0.291 e. The van der Waals surface area contributed by atoms with Gasteiger partial charge in [-0.1, -0.05) is 28.1 Å². The molecule has 0 bridgehead atoms. The van der Waals surface area contributed by atoms with E-state index in [9.17, 15) is 14.0 Å². The molecule has 1 fully saturated rings. The second-order valence-electron chi connectivity index (χ2n) is 7.36. The van der Waals surface area contributed by atoms with E-state index in [1.54, 1.807) is 4.90 Å². The largest absolute Gasteiger partial charge is 0.450 e. The molecule has 0 spiro atoms. The van der Waals surface area contributed by atoms with Crippen molar-refractivity contribution in [1.29, 1.82) is 0 Å². The van der Waals surface area contributed by atoms with Gasteiger partial charge >= 0.3 is 0 Å². The van der Waals surface area contributed by atoms with Gasteiger partial charge in [0.15, 0.2) is 5.43 Å². The van der Waals surface area contributed by atoms with Crippen LogP contribution in [0.4, 0.5) is 4.39 Å². The Balaban J connectivity index is 1.72. The van der Waals surface area contributed by atoms with Crippen LogP contribution in [-0.4, -0.2) is 30.1 Å². The van der Waals surface area contributed by atoms with Crippen LogP contribution in [0.3, 0.4) is 0 Å². The SMILES string of the molecule is O=C1c2oc3ccc(F)cc3c(=O)c2[C@@H](c2cccc(Br)c2)N1C[C@@H]1CCCO1. The van der Waals surface area contributed by atoms with Crippen LogP contribution in [0, 0.1) is 5.82 Å². The standard InChI is InChI=1S/C22H17BrFNO4/c23-13-4-1-3-12(9-13)19-18-20(26)16-10-14(24)6-7-17(16)29-21(18)22(27)25(19)11-15-5-2-8-28-15/h1,3-4,6-7,9-10,15,19H,2,5,8,11H2/t15-,19+/m0/s1. The van der Waals surface area contributed by atoms with E-state index in [2.05, 4.69) is 15.9 Å². The molecule has 2 aromatic carbocycles. The number of amides is 1. The molecule has 5 nitrogen and oxygen atoms in total. The highest BCUT2D eigenvalue weighted by molar-refractivity contribution is 9.10. The number of hydrogen-bond donors (Lipinski definition) is 0. The molecule has 0 saturated carbocycles. The lowest BCUT2D eigenvalue weighted by atomic mass is 9.98. The molecule has 3 aromatic rings. The second-order valence-corrected chi connectivity index (χ2v) is 8.28. The number of halogens is 2. The average molecular weight is 458 g/mol. The molecule has 1 saturated heterocycles.